The van der Waals surface area contributed by atoms with Crippen molar-refractivity contribution in [3.63, 3.8) is 0 Å². The van der Waals surface area contributed by atoms with Crippen LogP contribution in [0.1, 0.15) is 25.5 Å². The summed E-state index contributed by atoms with van der Waals surface area (Å²) in [5.74, 6) is -0.863. The smallest absolute Gasteiger partial charge is 0.319 e. The minimum Gasteiger partial charge on any atom is -0.481 e. The Bertz CT molecular complexity index is 428. The van der Waals surface area contributed by atoms with Crippen molar-refractivity contribution in [2.24, 2.45) is 7.05 Å². The Morgan fingerprint density at radius 3 is 2.83 bits per heavy atom. The van der Waals surface area contributed by atoms with Gasteiger partial charge < -0.3 is 15.7 Å². The fourth-order valence-electron chi connectivity index (χ4n) is 1.51. The molecule has 0 saturated heterocycles. The number of carbonyl (C=O) groups excluding carboxylic acids is 1. The third-order valence-electron chi connectivity index (χ3n) is 2.34. The largest absolute Gasteiger partial charge is 0.481 e. The van der Waals surface area contributed by atoms with Crippen molar-refractivity contribution in [1.82, 2.24) is 15.1 Å². The van der Waals surface area contributed by atoms with Crippen molar-refractivity contribution >= 4 is 17.7 Å². The normalized spacial score (nSPS) is 10.1. The molecule has 0 unspecified atom stereocenters. The molecular formula is C11H18N4O3. The number of aromatic nitrogens is 2. The molecule has 2 amide bonds. The number of carboxylic acids is 1. The summed E-state index contributed by atoms with van der Waals surface area (Å²) < 4.78 is 1.64. The van der Waals surface area contributed by atoms with Crippen LogP contribution in [0.25, 0.3) is 0 Å². The van der Waals surface area contributed by atoms with Crippen LogP contribution < -0.4 is 10.6 Å². The lowest BCUT2D eigenvalue weighted by atomic mass is 10.3. The molecule has 1 aromatic rings. The molecule has 1 aromatic heterocycles. The molecule has 0 aromatic carbocycles. The summed E-state index contributed by atoms with van der Waals surface area (Å²) in [6.07, 6.45) is 2.93. The monoisotopic (exact) mass is 254 g/mol. The molecule has 3 N–H and O–H groups in total. The number of nitrogens with zero attached hydrogens (tertiary/aromatic N) is 2. The van der Waals surface area contributed by atoms with E-state index in [0.717, 1.165) is 12.1 Å². The fourth-order valence-corrected chi connectivity index (χ4v) is 1.51. The van der Waals surface area contributed by atoms with Gasteiger partial charge in [-0.2, -0.15) is 5.10 Å². The number of aryl methyl sites for hydroxylation is 2. The van der Waals surface area contributed by atoms with Gasteiger partial charge in [-0.25, -0.2) is 4.79 Å². The minimum atomic E-state index is -0.863. The highest BCUT2D eigenvalue weighted by molar-refractivity contribution is 5.89. The number of carbonyl (C=O) groups is 2. The third-order valence-corrected chi connectivity index (χ3v) is 2.34. The summed E-state index contributed by atoms with van der Waals surface area (Å²) in [6.45, 7) is 2.29. The van der Waals surface area contributed by atoms with E-state index in [0.29, 0.717) is 18.7 Å². The van der Waals surface area contributed by atoms with Gasteiger partial charge in [0.25, 0.3) is 0 Å². The number of anilines is 1. The van der Waals surface area contributed by atoms with Crippen LogP contribution in [0, 0.1) is 0 Å². The van der Waals surface area contributed by atoms with Gasteiger partial charge >= 0.3 is 12.0 Å². The number of urea groups is 1. The predicted octanol–water partition coefficient (Wildman–Crippen LogP) is 0.969. The predicted molar refractivity (Wildman–Crippen MR) is 66.5 cm³/mol. The summed E-state index contributed by atoms with van der Waals surface area (Å²) in [7, 11) is 1.79. The highest BCUT2D eigenvalue weighted by atomic mass is 16.4. The first-order valence-corrected chi connectivity index (χ1v) is 5.82. The number of hydrogen-bond acceptors (Lipinski definition) is 3. The molecule has 0 aliphatic rings. The van der Waals surface area contributed by atoms with Gasteiger partial charge in [-0.05, 0) is 12.8 Å². The molecule has 0 saturated carbocycles. The number of rotatable bonds is 6. The van der Waals surface area contributed by atoms with Gasteiger partial charge in [0.15, 0.2) is 0 Å². The molecule has 7 nitrogen and oxygen atoms in total. The van der Waals surface area contributed by atoms with Crippen LogP contribution in [-0.2, 0) is 18.3 Å². The average Bonchev–Trinajstić information content (AvgIpc) is 2.64. The standard InChI is InChI=1S/C11H18N4O3/c1-3-8-9(7-15(2)14-8)13-11(18)12-6-4-5-10(16)17/h7H,3-6H2,1-2H3,(H,16,17)(H2,12,13,18). The molecule has 1 heterocycles. The Hall–Kier alpha value is -2.05. The first-order valence-electron chi connectivity index (χ1n) is 5.82. The summed E-state index contributed by atoms with van der Waals surface area (Å²) >= 11 is 0. The number of aliphatic carboxylic acids is 1. The van der Waals surface area contributed by atoms with Crippen LogP contribution in [0.3, 0.4) is 0 Å². The summed E-state index contributed by atoms with van der Waals surface area (Å²) in [6, 6.07) is -0.344. The molecule has 0 fully saturated rings. The molecule has 7 heteroatoms. The molecule has 0 radical (unpaired) electrons. The maximum Gasteiger partial charge on any atom is 0.319 e. The second-order valence-electron chi connectivity index (χ2n) is 3.89. The van der Waals surface area contributed by atoms with Gasteiger partial charge in [0.05, 0.1) is 11.4 Å². The Morgan fingerprint density at radius 2 is 2.22 bits per heavy atom. The highest BCUT2D eigenvalue weighted by Gasteiger charge is 2.08. The Morgan fingerprint density at radius 1 is 1.50 bits per heavy atom. The van der Waals surface area contributed by atoms with Gasteiger partial charge in [0, 0.05) is 26.2 Å². The molecular weight excluding hydrogens is 236 g/mol. The SMILES string of the molecule is CCc1nn(C)cc1NC(=O)NCCCC(=O)O. The van der Waals surface area contributed by atoms with Crippen molar-refractivity contribution in [3.05, 3.63) is 11.9 Å². The van der Waals surface area contributed by atoms with Crippen LogP contribution >= 0.6 is 0 Å². The zero-order valence-electron chi connectivity index (χ0n) is 10.6. The summed E-state index contributed by atoms with van der Waals surface area (Å²) in [5.41, 5.74) is 1.49. The fraction of sp³-hybridized carbons (Fsp3) is 0.545. The molecule has 1 rings (SSSR count). The number of carboxylic acid groups (broad SMARTS) is 1. The number of amides is 2. The topological polar surface area (TPSA) is 96.3 Å². The van der Waals surface area contributed by atoms with Crippen molar-refractivity contribution in [2.45, 2.75) is 26.2 Å². The first kappa shape index (κ1) is 14.0. The lowest BCUT2D eigenvalue weighted by Crippen LogP contribution is -2.30. The third kappa shape index (κ3) is 4.44. The minimum absolute atomic E-state index is 0.0490. The van der Waals surface area contributed by atoms with E-state index in [-0.39, 0.29) is 12.5 Å². The van der Waals surface area contributed by atoms with Crippen LogP contribution in [0.2, 0.25) is 0 Å². The van der Waals surface area contributed by atoms with Crippen LogP contribution in [0.5, 0.6) is 0 Å². The second-order valence-corrected chi connectivity index (χ2v) is 3.89. The van der Waals surface area contributed by atoms with E-state index >= 15 is 0 Å². The van der Waals surface area contributed by atoms with Crippen LogP contribution in [0.15, 0.2) is 6.20 Å². The van der Waals surface area contributed by atoms with E-state index in [1.165, 1.54) is 0 Å². The highest BCUT2D eigenvalue weighted by Crippen LogP contribution is 2.13. The van der Waals surface area contributed by atoms with Gasteiger partial charge in [-0.3, -0.25) is 9.48 Å². The lowest BCUT2D eigenvalue weighted by Gasteiger charge is -2.06. The van der Waals surface area contributed by atoms with Crippen molar-refractivity contribution in [3.8, 4) is 0 Å². The average molecular weight is 254 g/mol. The molecule has 0 aliphatic carbocycles. The quantitative estimate of drug-likeness (QED) is 0.659. The second kappa shape index (κ2) is 6.63. The van der Waals surface area contributed by atoms with Crippen LogP contribution in [-0.4, -0.2) is 33.4 Å². The molecule has 0 atom stereocenters. The zero-order chi connectivity index (χ0) is 13.5. The Kier molecular flexibility index (Phi) is 5.16. The van der Waals surface area contributed by atoms with Crippen molar-refractivity contribution in [1.29, 1.82) is 0 Å². The lowest BCUT2D eigenvalue weighted by molar-refractivity contribution is -0.137. The maximum atomic E-state index is 11.5. The van der Waals surface area contributed by atoms with E-state index in [9.17, 15) is 9.59 Å². The van der Waals surface area contributed by atoms with Crippen molar-refractivity contribution < 1.29 is 14.7 Å². The molecule has 100 valence electrons. The van der Waals surface area contributed by atoms with Gasteiger partial charge in [-0.15, -0.1) is 0 Å². The van der Waals surface area contributed by atoms with E-state index in [1.54, 1.807) is 17.9 Å². The maximum absolute atomic E-state index is 11.5. The Balaban J connectivity index is 2.37. The molecule has 0 aliphatic heterocycles. The van der Waals surface area contributed by atoms with Gasteiger partial charge in [-0.1, -0.05) is 6.92 Å². The van der Waals surface area contributed by atoms with Gasteiger partial charge in [0.1, 0.15) is 0 Å². The van der Waals surface area contributed by atoms with Crippen molar-refractivity contribution in [2.75, 3.05) is 11.9 Å². The van der Waals surface area contributed by atoms with E-state index in [4.69, 9.17) is 5.11 Å². The van der Waals surface area contributed by atoms with E-state index in [1.807, 2.05) is 6.92 Å². The summed E-state index contributed by atoms with van der Waals surface area (Å²) in [4.78, 5) is 21.8. The first-order chi connectivity index (χ1) is 8.52. The van der Waals surface area contributed by atoms with Gasteiger partial charge in [0.2, 0.25) is 0 Å². The summed E-state index contributed by atoms with van der Waals surface area (Å²) in [5, 5.41) is 17.9. The van der Waals surface area contributed by atoms with Crippen LogP contribution in [0.4, 0.5) is 10.5 Å². The zero-order valence-corrected chi connectivity index (χ0v) is 10.6. The number of hydrogen-bond donors (Lipinski definition) is 3. The van der Waals surface area contributed by atoms with E-state index < -0.39 is 5.97 Å². The van der Waals surface area contributed by atoms with E-state index in [2.05, 4.69) is 15.7 Å². The Labute approximate surface area is 105 Å². The number of nitrogens with one attached hydrogen (secondary N) is 2. The molecule has 0 spiro atoms. The molecule has 0 bridgehead atoms. The molecule has 18 heavy (non-hydrogen) atoms.